The summed E-state index contributed by atoms with van der Waals surface area (Å²) in [7, 11) is 0. The first-order valence-electron chi connectivity index (χ1n) is 13.3. The molecule has 0 aromatic heterocycles. The Morgan fingerprint density at radius 1 is 0.742 bits per heavy atom. The van der Waals surface area contributed by atoms with E-state index in [0.717, 1.165) is 36.5 Å². The highest BCUT2D eigenvalue weighted by molar-refractivity contribution is 5.88. The first-order chi connectivity index (χ1) is 15.0. The van der Waals surface area contributed by atoms with Crippen molar-refractivity contribution < 1.29 is 14.7 Å². The van der Waals surface area contributed by atoms with Gasteiger partial charge in [-0.3, -0.25) is 9.59 Å². The van der Waals surface area contributed by atoms with Gasteiger partial charge in [-0.25, -0.2) is 0 Å². The Labute approximate surface area is 187 Å². The highest BCUT2D eigenvalue weighted by atomic mass is 16.3. The summed E-state index contributed by atoms with van der Waals surface area (Å²) < 4.78 is 0. The fraction of sp³-hybridized carbons (Fsp3) is 0.923. The largest absolute Gasteiger partial charge is 0.380 e. The Balaban J connectivity index is 1.04. The van der Waals surface area contributed by atoms with Crippen molar-refractivity contribution in [3.8, 4) is 0 Å². The molecule has 5 fully saturated rings. The topological polar surface area (TPSA) is 60.9 Å². The van der Waals surface area contributed by atoms with E-state index in [1.165, 1.54) is 64.2 Å². The van der Waals surface area contributed by atoms with Gasteiger partial charge in [0.15, 0.2) is 0 Å². The number of piperazine rings is 1. The third-order valence-corrected chi connectivity index (χ3v) is 9.29. The Kier molecular flexibility index (Phi) is 6.33. The minimum atomic E-state index is -1.08. The van der Waals surface area contributed by atoms with Crippen molar-refractivity contribution >= 4 is 11.8 Å². The molecule has 4 saturated carbocycles. The lowest BCUT2D eigenvalue weighted by molar-refractivity contribution is -0.148. The number of nitrogens with zero attached hydrogens (tertiary/aromatic N) is 2. The molecule has 2 atom stereocenters. The normalized spacial score (nSPS) is 35.6. The zero-order valence-corrected chi connectivity index (χ0v) is 19.3. The van der Waals surface area contributed by atoms with Gasteiger partial charge in [0, 0.05) is 32.1 Å². The van der Waals surface area contributed by atoms with Crippen LogP contribution in [0.3, 0.4) is 0 Å². The van der Waals surface area contributed by atoms with Crippen molar-refractivity contribution in [3.05, 3.63) is 0 Å². The zero-order valence-electron chi connectivity index (χ0n) is 19.3. The molecule has 174 valence electrons. The van der Waals surface area contributed by atoms with Crippen LogP contribution in [0.2, 0.25) is 0 Å². The van der Waals surface area contributed by atoms with Crippen LogP contribution in [0.5, 0.6) is 0 Å². The standard InChI is InChI=1S/C26H42N2O3/c29-24(27-14-16-28(17-15-27)25(30)26(31)12-13-26)22-10-8-21(9-11-22)23-3-1-2-20(18-23)7-6-19-4-5-19/h19-23,31H,1-18H2. The summed E-state index contributed by atoms with van der Waals surface area (Å²) in [6.45, 7) is 2.41. The maximum absolute atomic E-state index is 13.1. The lowest BCUT2D eigenvalue weighted by atomic mass is 9.68. The predicted molar refractivity (Wildman–Crippen MR) is 120 cm³/mol. The molecular weight excluding hydrogens is 388 g/mol. The lowest BCUT2D eigenvalue weighted by Crippen LogP contribution is -2.54. The quantitative estimate of drug-likeness (QED) is 0.693. The van der Waals surface area contributed by atoms with Crippen LogP contribution in [0.15, 0.2) is 0 Å². The van der Waals surface area contributed by atoms with Crippen molar-refractivity contribution in [2.45, 2.75) is 95.5 Å². The number of hydrogen-bond acceptors (Lipinski definition) is 3. The second-order valence-electron chi connectivity index (χ2n) is 11.6. The van der Waals surface area contributed by atoms with E-state index in [9.17, 15) is 14.7 Å². The Morgan fingerprint density at radius 2 is 1.39 bits per heavy atom. The van der Waals surface area contributed by atoms with Crippen molar-refractivity contribution in [1.29, 1.82) is 0 Å². The van der Waals surface area contributed by atoms with Gasteiger partial charge in [-0.15, -0.1) is 0 Å². The molecule has 2 unspecified atom stereocenters. The third kappa shape index (κ3) is 5.12. The molecule has 1 aliphatic heterocycles. The van der Waals surface area contributed by atoms with Crippen molar-refractivity contribution in [2.24, 2.45) is 29.6 Å². The van der Waals surface area contributed by atoms with E-state index < -0.39 is 5.60 Å². The molecule has 0 radical (unpaired) electrons. The second kappa shape index (κ2) is 9.03. The Morgan fingerprint density at radius 3 is 2.03 bits per heavy atom. The maximum atomic E-state index is 13.1. The molecule has 0 aromatic rings. The smallest absolute Gasteiger partial charge is 0.254 e. The number of carbonyl (C=O) groups is 2. The number of amides is 2. The monoisotopic (exact) mass is 430 g/mol. The molecule has 0 aromatic carbocycles. The molecule has 5 nitrogen and oxygen atoms in total. The molecule has 0 spiro atoms. The Bertz CT molecular complexity index is 656. The summed E-state index contributed by atoms with van der Waals surface area (Å²) in [5.41, 5.74) is -1.08. The molecule has 5 aliphatic rings. The maximum Gasteiger partial charge on any atom is 0.254 e. The summed E-state index contributed by atoms with van der Waals surface area (Å²) in [5.74, 6) is 4.20. The van der Waals surface area contributed by atoms with Crippen LogP contribution in [0.4, 0.5) is 0 Å². The van der Waals surface area contributed by atoms with Gasteiger partial charge in [0.1, 0.15) is 5.60 Å². The fourth-order valence-electron chi connectivity index (χ4n) is 6.75. The lowest BCUT2D eigenvalue weighted by Gasteiger charge is -2.40. The van der Waals surface area contributed by atoms with Crippen molar-refractivity contribution in [2.75, 3.05) is 26.2 Å². The summed E-state index contributed by atoms with van der Waals surface area (Å²) in [6, 6.07) is 0. The SMILES string of the molecule is O=C(C1CCC(C2CCCC(CCC3CC3)C2)CC1)N1CCN(C(=O)C2(O)CC2)CC1. The van der Waals surface area contributed by atoms with Gasteiger partial charge in [-0.2, -0.15) is 0 Å². The molecule has 4 aliphatic carbocycles. The van der Waals surface area contributed by atoms with E-state index >= 15 is 0 Å². The molecule has 1 N–H and O–H groups in total. The van der Waals surface area contributed by atoms with E-state index in [1.807, 2.05) is 4.90 Å². The van der Waals surface area contributed by atoms with Crippen molar-refractivity contribution in [3.63, 3.8) is 0 Å². The van der Waals surface area contributed by atoms with E-state index in [2.05, 4.69) is 0 Å². The zero-order chi connectivity index (χ0) is 21.4. The van der Waals surface area contributed by atoms with E-state index in [0.29, 0.717) is 44.9 Å². The summed E-state index contributed by atoms with van der Waals surface area (Å²) in [4.78, 5) is 29.2. The molecule has 1 heterocycles. The van der Waals surface area contributed by atoms with Crippen LogP contribution in [-0.2, 0) is 9.59 Å². The summed E-state index contributed by atoms with van der Waals surface area (Å²) >= 11 is 0. The fourth-order valence-corrected chi connectivity index (χ4v) is 6.75. The number of aliphatic hydroxyl groups is 1. The molecule has 5 rings (SSSR count). The molecule has 31 heavy (non-hydrogen) atoms. The minimum absolute atomic E-state index is 0.122. The summed E-state index contributed by atoms with van der Waals surface area (Å²) in [5, 5.41) is 10.1. The highest BCUT2D eigenvalue weighted by Gasteiger charge is 2.50. The summed E-state index contributed by atoms with van der Waals surface area (Å²) in [6.07, 6.45) is 17.5. The molecular formula is C26H42N2O3. The molecule has 2 amide bonds. The van der Waals surface area contributed by atoms with Crippen LogP contribution in [-0.4, -0.2) is 58.5 Å². The number of rotatable bonds is 6. The van der Waals surface area contributed by atoms with Gasteiger partial charge >= 0.3 is 0 Å². The third-order valence-electron chi connectivity index (χ3n) is 9.29. The number of hydrogen-bond donors (Lipinski definition) is 1. The molecule has 1 saturated heterocycles. The van der Waals surface area contributed by atoms with Crippen LogP contribution < -0.4 is 0 Å². The van der Waals surface area contributed by atoms with Gasteiger partial charge in [0.25, 0.3) is 5.91 Å². The molecule has 5 heteroatoms. The van der Waals surface area contributed by atoms with Gasteiger partial charge in [0.2, 0.25) is 5.91 Å². The average Bonchev–Trinajstić information content (AvgIpc) is 3.75. The van der Waals surface area contributed by atoms with Crippen LogP contribution in [0.1, 0.15) is 89.9 Å². The Hall–Kier alpha value is -1.10. The van der Waals surface area contributed by atoms with Crippen LogP contribution >= 0.6 is 0 Å². The van der Waals surface area contributed by atoms with Gasteiger partial charge in [0.05, 0.1) is 0 Å². The van der Waals surface area contributed by atoms with Crippen molar-refractivity contribution in [1.82, 2.24) is 9.80 Å². The van der Waals surface area contributed by atoms with Gasteiger partial charge in [-0.05, 0) is 68.6 Å². The average molecular weight is 431 g/mol. The van der Waals surface area contributed by atoms with E-state index in [-0.39, 0.29) is 11.8 Å². The van der Waals surface area contributed by atoms with E-state index in [1.54, 1.807) is 4.90 Å². The van der Waals surface area contributed by atoms with Gasteiger partial charge in [-0.1, -0.05) is 44.9 Å². The number of carbonyl (C=O) groups excluding carboxylic acids is 2. The van der Waals surface area contributed by atoms with Crippen LogP contribution in [0.25, 0.3) is 0 Å². The van der Waals surface area contributed by atoms with E-state index in [4.69, 9.17) is 0 Å². The van der Waals surface area contributed by atoms with Gasteiger partial charge < -0.3 is 14.9 Å². The highest BCUT2D eigenvalue weighted by Crippen LogP contribution is 2.44. The predicted octanol–water partition coefficient (Wildman–Crippen LogP) is 3.99. The second-order valence-corrected chi connectivity index (χ2v) is 11.6. The van der Waals surface area contributed by atoms with Crippen LogP contribution in [0, 0.1) is 29.6 Å². The minimum Gasteiger partial charge on any atom is -0.380 e. The first-order valence-corrected chi connectivity index (χ1v) is 13.3. The molecule has 0 bridgehead atoms. The first kappa shape index (κ1) is 21.7.